The van der Waals surface area contributed by atoms with E-state index in [2.05, 4.69) is 19.3 Å². The Kier molecular flexibility index (Phi) is 11.8. The highest BCUT2D eigenvalue weighted by Crippen LogP contribution is 1.90. The van der Waals surface area contributed by atoms with Crippen molar-refractivity contribution in [1.82, 2.24) is 5.48 Å². The van der Waals surface area contributed by atoms with Crippen LogP contribution in [0.3, 0.4) is 0 Å². The minimum Gasteiger partial charge on any atom is -0.379 e. The van der Waals surface area contributed by atoms with Gasteiger partial charge in [0.25, 0.3) is 0 Å². The number of rotatable bonds is 10. The largest absolute Gasteiger partial charge is 0.379 e. The molecule has 0 saturated heterocycles. The Morgan fingerprint density at radius 1 is 0.923 bits per heavy atom. The van der Waals surface area contributed by atoms with Crippen molar-refractivity contribution in [3.8, 4) is 0 Å². The maximum atomic E-state index is 5.25. The van der Waals surface area contributed by atoms with Crippen molar-refractivity contribution in [2.75, 3.05) is 26.4 Å². The molecule has 0 unspecified atom stereocenters. The summed E-state index contributed by atoms with van der Waals surface area (Å²) in [5, 5.41) is 0. The fourth-order valence-electron chi connectivity index (χ4n) is 0.938. The molecule has 3 nitrogen and oxygen atoms in total. The minimum atomic E-state index is 0.645. The molecule has 0 heterocycles. The Balaban J connectivity index is 2.76. The summed E-state index contributed by atoms with van der Waals surface area (Å²) in [6.45, 7) is 7.41. The van der Waals surface area contributed by atoms with Gasteiger partial charge in [0, 0.05) is 13.2 Å². The summed E-state index contributed by atoms with van der Waals surface area (Å²) in [5.41, 5.74) is 2.92. The minimum absolute atomic E-state index is 0.645. The van der Waals surface area contributed by atoms with Crippen LogP contribution >= 0.6 is 0 Å². The van der Waals surface area contributed by atoms with Gasteiger partial charge in [-0.05, 0) is 12.8 Å². The first kappa shape index (κ1) is 12.9. The third kappa shape index (κ3) is 11.9. The Morgan fingerprint density at radius 3 is 2.46 bits per heavy atom. The number of nitrogens with one attached hydrogen (secondary N) is 1. The van der Waals surface area contributed by atoms with Crippen LogP contribution in [0.5, 0.6) is 0 Å². The molecule has 0 bridgehead atoms. The third-order valence-corrected chi connectivity index (χ3v) is 1.66. The van der Waals surface area contributed by atoms with E-state index in [0.29, 0.717) is 13.2 Å². The molecular formula is C10H23NO2. The second kappa shape index (κ2) is 11.9. The number of hydrogen-bond acceptors (Lipinski definition) is 3. The SMILES string of the molecule is CCCCCNOCCOCCC. The molecule has 0 aliphatic rings. The highest BCUT2D eigenvalue weighted by molar-refractivity contribution is 4.38. The maximum Gasteiger partial charge on any atom is 0.0916 e. The molecule has 1 N–H and O–H groups in total. The summed E-state index contributed by atoms with van der Waals surface area (Å²) in [4.78, 5) is 5.15. The van der Waals surface area contributed by atoms with Gasteiger partial charge in [-0.3, -0.25) is 4.84 Å². The van der Waals surface area contributed by atoms with E-state index in [4.69, 9.17) is 9.57 Å². The van der Waals surface area contributed by atoms with E-state index in [1.54, 1.807) is 0 Å². The van der Waals surface area contributed by atoms with Crippen LogP contribution in [-0.4, -0.2) is 26.4 Å². The molecule has 0 saturated carbocycles. The lowest BCUT2D eigenvalue weighted by Crippen LogP contribution is -2.19. The summed E-state index contributed by atoms with van der Waals surface area (Å²) in [6.07, 6.45) is 4.78. The van der Waals surface area contributed by atoms with E-state index in [0.717, 1.165) is 19.6 Å². The summed E-state index contributed by atoms with van der Waals surface area (Å²) in [6, 6.07) is 0. The zero-order chi connectivity index (χ0) is 9.78. The predicted octanol–water partition coefficient (Wildman–Crippen LogP) is 2.12. The quantitative estimate of drug-likeness (QED) is 0.422. The smallest absolute Gasteiger partial charge is 0.0916 e. The van der Waals surface area contributed by atoms with Crippen molar-refractivity contribution in [2.45, 2.75) is 39.5 Å². The second-order valence-electron chi connectivity index (χ2n) is 3.06. The summed E-state index contributed by atoms with van der Waals surface area (Å²) < 4.78 is 5.25. The average Bonchev–Trinajstić information content (AvgIpc) is 2.16. The van der Waals surface area contributed by atoms with Gasteiger partial charge in [0.05, 0.1) is 13.2 Å². The molecule has 0 aromatic rings. The number of hydroxylamine groups is 1. The van der Waals surface area contributed by atoms with Gasteiger partial charge in [-0.25, -0.2) is 5.48 Å². The normalized spacial score (nSPS) is 10.6. The fourth-order valence-corrected chi connectivity index (χ4v) is 0.938. The first-order valence-corrected chi connectivity index (χ1v) is 5.34. The van der Waals surface area contributed by atoms with E-state index in [1.165, 1.54) is 19.3 Å². The summed E-state index contributed by atoms with van der Waals surface area (Å²) >= 11 is 0. The Bertz CT molecular complexity index is 79.0. The fraction of sp³-hybridized carbons (Fsp3) is 1.00. The molecule has 80 valence electrons. The zero-order valence-corrected chi connectivity index (χ0v) is 8.97. The molecule has 0 atom stereocenters. The van der Waals surface area contributed by atoms with Crippen LogP contribution in [0, 0.1) is 0 Å². The first-order chi connectivity index (χ1) is 6.41. The topological polar surface area (TPSA) is 30.5 Å². The molecule has 0 aliphatic carbocycles. The summed E-state index contributed by atoms with van der Waals surface area (Å²) in [7, 11) is 0. The van der Waals surface area contributed by atoms with Gasteiger partial charge < -0.3 is 4.74 Å². The van der Waals surface area contributed by atoms with Crippen LogP contribution in [0.2, 0.25) is 0 Å². The Hall–Kier alpha value is -0.120. The van der Waals surface area contributed by atoms with Gasteiger partial charge in [-0.2, -0.15) is 0 Å². The van der Waals surface area contributed by atoms with Crippen molar-refractivity contribution >= 4 is 0 Å². The molecule has 0 radical (unpaired) electrons. The monoisotopic (exact) mass is 189 g/mol. The highest BCUT2D eigenvalue weighted by atomic mass is 16.7. The van der Waals surface area contributed by atoms with Gasteiger partial charge in [0.1, 0.15) is 0 Å². The van der Waals surface area contributed by atoms with Crippen LogP contribution < -0.4 is 5.48 Å². The number of hydrogen-bond donors (Lipinski definition) is 1. The van der Waals surface area contributed by atoms with Crippen LogP contribution in [-0.2, 0) is 9.57 Å². The van der Waals surface area contributed by atoms with Crippen molar-refractivity contribution in [1.29, 1.82) is 0 Å². The van der Waals surface area contributed by atoms with E-state index in [-0.39, 0.29) is 0 Å². The molecular weight excluding hydrogens is 166 g/mol. The predicted molar refractivity (Wildman–Crippen MR) is 54.6 cm³/mol. The van der Waals surface area contributed by atoms with Crippen molar-refractivity contribution in [3.05, 3.63) is 0 Å². The Labute approximate surface area is 81.8 Å². The van der Waals surface area contributed by atoms with Crippen LogP contribution in [0.1, 0.15) is 39.5 Å². The lowest BCUT2D eigenvalue weighted by molar-refractivity contribution is -0.00480. The number of unbranched alkanes of at least 4 members (excludes halogenated alkanes) is 2. The van der Waals surface area contributed by atoms with E-state index < -0.39 is 0 Å². The van der Waals surface area contributed by atoms with Crippen LogP contribution in [0.25, 0.3) is 0 Å². The lowest BCUT2D eigenvalue weighted by atomic mass is 10.3. The lowest BCUT2D eigenvalue weighted by Gasteiger charge is -2.05. The average molecular weight is 189 g/mol. The summed E-state index contributed by atoms with van der Waals surface area (Å²) in [5.74, 6) is 0. The maximum absolute atomic E-state index is 5.25. The number of ether oxygens (including phenoxy) is 1. The molecule has 0 amide bonds. The van der Waals surface area contributed by atoms with Gasteiger partial charge in [-0.1, -0.05) is 26.7 Å². The molecule has 0 aromatic heterocycles. The van der Waals surface area contributed by atoms with Crippen molar-refractivity contribution in [3.63, 3.8) is 0 Å². The standard InChI is InChI=1S/C10H23NO2/c1-3-5-6-7-11-13-10-9-12-8-4-2/h11H,3-10H2,1-2H3. The second-order valence-corrected chi connectivity index (χ2v) is 3.06. The first-order valence-electron chi connectivity index (χ1n) is 5.34. The molecule has 0 fully saturated rings. The van der Waals surface area contributed by atoms with Gasteiger partial charge in [0.15, 0.2) is 0 Å². The molecule has 3 heteroatoms. The van der Waals surface area contributed by atoms with Crippen molar-refractivity contribution in [2.24, 2.45) is 0 Å². The van der Waals surface area contributed by atoms with Gasteiger partial charge in [-0.15, -0.1) is 0 Å². The molecule has 0 spiro atoms. The third-order valence-electron chi connectivity index (χ3n) is 1.66. The molecule has 0 aliphatic heterocycles. The van der Waals surface area contributed by atoms with E-state index in [9.17, 15) is 0 Å². The van der Waals surface area contributed by atoms with E-state index >= 15 is 0 Å². The zero-order valence-electron chi connectivity index (χ0n) is 8.97. The van der Waals surface area contributed by atoms with Crippen LogP contribution in [0.15, 0.2) is 0 Å². The van der Waals surface area contributed by atoms with Crippen molar-refractivity contribution < 1.29 is 9.57 Å². The highest BCUT2D eigenvalue weighted by Gasteiger charge is 1.88. The molecule has 0 rings (SSSR count). The van der Waals surface area contributed by atoms with Gasteiger partial charge >= 0.3 is 0 Å². The Morgan fingerprint density at radius 2 is 1.77 bits per heavy atom. The molecule has 13 heavy (non-hydrogen) atoms. The molecule has 0 aromatic carbocycles. The van der Waals surface area contributed by atoms with E-state index in [1.807, 2.05) is 0 Å². The van der Waals surface area contributed by atoms with Crippen LogP contribution in [0.4, 0.5) is 0 Å². The van der Waals surface area contributed by atoms with Gasteiger partial charge in [0.2, 0.25) is 0 Å².